The van der Waals surface area contributed by atoms with Gasteiger partial charge in [0.15, 0.2) is 0 Å². The summed E-state index contributed by atoms with van der Waals surface area (Å²) in [5.41, 5.74) is 3.93. The van der Waals surface area contributed by atoms with Gasteiger partial charge in [0.25, 0.3) is 11.7 Å². The van der Waals surface area contributed by atoms with Gasteiger partial charge in [-0.3, -0.25) is 14.5 Å². The molecule has 0 bridgehead atoms. The minimum absolute atomic E-state index is 0.0953. The van der Waals surface area contributed by atoms with E-state index in [1.807, 2.05) is 56.5 Å². The Morgan fingerprint density at radius 1 is 1.03 bits per heavy atom. The van der Waals surface area contributed by atoms with Gasteiger partial charge in [0.2, 0.25) is 0 Å². The third-order valence-corrected chi connectivity index (χ3v) is 6.47. The normalized spacial score (nSPS) is 17.9. The van der Waals surface area contributed by atoms with Crippen molar-refractivity contribution in [2.45, 2.75) is 26.8 Å². The zero-order chi connectivity index (χ0) is 22.3. The Bertz CT molecular complexity index is 1210. The molecular formula is C25H23NO4S. The van der Waals surface area contributed by atoms with Gasteiger partial charge in [-0.25, -0.2) is 0 Å². The highest BCUT2D eigenvalue weighted by molar-refractivity contribution is 7.10. The van der Waals surface area contributed by atoms with Crippen molar-refractivity contribution in [3.8, 4) is 5.75 Å². The van der Waals surface area contributed by atoms with E-state index < -0.39 is 17.7 Å². The third-order valence-electron chi connectivity index (χ3n) is 5.55. The van der Waals surface area contributed by atoms with E-state index in [-0.39, 0.29) is 11.3 Å². The Morgan fingerprint density at radius 3 is 2.45 bits per heavy atom. The fourth-order valence-corrected chi connectivity index (χ4v) is 4.78. The van der Waals surface area contributed by atoms with Crippen LogP contribution in [0.4, 0.5) is 5.69 Å². The van der Waals surface area contributed by atoms with Crippen LogP contribution in [-0.2, 0) is 9.59 Å². The summed E-state index contributed by atoms with van der Waals surface area (Å²) in [4.78, 5) is 28.7. The van der Waals surface area contributed by atoms with Crippen LogP contribution in [-0.4, -0.2) is 23.9 Å². The SMILES string of the molecule is COc1ccc(/C(O)=C2/C(=O)C(=O)N(c3cc(C)ccc3C)C2c2cccs2)cc1C. The Kier molecular flexibility index (Phi) is 5.41. The van der Waals surface area contributed by atoms with Crippen molar-refractivity contribution in [3.63, 3.8) is 0 Å². The molecule has 1 N–H and O–H groups in total. The molecule has 1 atom stereocenters. The molecule has 1 fully saturated rings. The van der Waals surface area contributed by atoms with Crippen LogP contribution in [0.5, 0.6) is 5.75 Å². The number of aryl methyl sites for hydroxylation is 3. The highest BCUT2D eigenvalue weighted by atomic mass is 32.1. The number of ketones is 1. The molecule has 0 saturated carbocycles. The Hall–Kier alpha value is -3.38. The smallest absolute Gasteiger partial charge is 0.300 e. The van der Waals surface area contributed by atoms with Crippen LogP contribution in [0.2, 0.25) is 0 Å². The second kappa shape index (κ2) is 8.04. The number of thiophene rings is 1. The van der Waals surface area contributed by atoms with Crippen molar-refractivity contribution < 1.29 is 19.4 Å². The van der Waals surface area contributed by atoms with Crippen LogP contribution < -0.4 is 9.64 Å². The van der Waals surface area contributed by atoms with Gasteiger partial charge in [-0.1, -0.05) is 18.2 Å². The average molecular weight is 434 g/mol. The summed E-state index contributed by atoms with van der Waals surface area (Å²) < 4.78 is 5.30. The first-order valence-corrected chi connectivity index (χ1v) is 10.8. The quantitative estimate of drug-likeness (QED) is 0.344. The Labute approximate surface area is 185 Å². The first kappa shape index (κ1) is 20.9. The molecule has 31 heavy (non-hydrogen) atoms. The van der Waals surface area contributed by atoms with Crippen molar-refractivity contribution in [3.05, 3.63) is 86.6 Å². The lowest BCUT2D eigenvalue weighted by atomic mass is 9.98. The number of aliphatic hydroxyl groups excluding tert-OH is 1. The van der Waals surface area contributed by atoms with Gasteiger partial charge >= 0.3 is 0 Å². The summed E-state index contributed by atoms with van der Waals surface area (Å²) in [7, 11) is 1.58. The number of Topliss-reactive ketones (excluding diaryl/α,β-unsaturated/α-hetero) is 1. The number of carbonyl (C=O) groups is 2. The molecule has 1 aliphatic rings. The number of hydrogen-bond donors (Lipinski definition) is 1. The van der Waals surface area contributed by atoms with Gasteiger partial charge in [-0.15, -0.1) is 11.3 Å². The molecule has 5 nitrogen and oxygen atoms in total. The number of benzene rings is 2. The number of carbonyl (C=O) groups excluding carboxylic acids is 2. The number of aliphatic hydroxyl groups is 1. The monoisotopic (exact) mass is 433 g/mol. The summed E-state index contributed by atoms with van der Waals surface area (Å²) in [5, 5.41) is 13.1. The molecule has 1 unspecified atom stereocenters. The molecule has 158 valence electrons. The molecule has 2 aromatic carbocycles. The Balaban J connectivity index is 1.94. The highest BCUT2D eigenvalue weighted by Crippen LogP contribution is 2.44. The molecule has 4 rings (SSSR count). The number of nitrogens with zero attached hydrogens (tertiary/aromatic N) is 1. The summed E-state index contributed by atoms with van der Waals surface area (Å²) in [6.07, 6.45) is 0. The predicted molar refractivity (Wildman–Crippen MR) is 123 cm³/mol. The van der Waals surface area contributed by atoms with E-state index in [4.69, 9.17) is 4.74 Å². The first-order valence-electron chi connectivity index (χ1n) is 9.90. The zero-order valence-electron chi connectivity index (χ0n) is 17.8. The summed E-state index contributed by atoms with van der Waals surface area (Å²) in [6.45, 7) is 5.72. The number of anilines is 1. The molecule has 1 saturated heterocycles. The van der Waals surface area contributed by atoms with E-state index in [1.165, 1.54) is 16.2 Å². The topological polar surface area (TPSA) is 66.8 Å². The van der Waals surface area contributed by atoms with E-state index in [2.05, 4.69) is 0 Å². The molecular weight excluding hydrogens is 410 g/mol. The van der Waals surface area contributed by atoms with Crippen molar-refractivity contribution >= 4 is 34.5 Å². The maximum absolute atomic E-state index is 13.2. The minimum atomic E-state index is -0.692. The van der Waals surface area contributed by atoms with Gasteiger partial charge in [0.05, 0.1) is 12.7 Å². The van der Waals surface area contributed by atoms with E-state index in [1.54, 1.807) is 25.3 Å². The standard InChI is InChI=1S/C25H23NO4S/c1-14-7-8-15(2)18(12-14)26-22(20-6-5-11-31-20)21(24(28)25(26)29)23(27)17-9-10-19(30-4)16(3)13-17/h5-13,22,27H,1-4H3/b23-21-. The van der Waals surface area contributed by atoms with Crippen molar-refractivity contribution in [2.75, 3.05) is 12.0 Å². The van der Waals surface area contributed by atoms with E-state index in [9.17, 15) is 14.7 Å². The lowest BCUT2D eigenvalue weighted by Gasteiger charge is -2.26. The van der Waals surface area contributed by atoms with E-state index >= 15 is 0 Å². The number of rotatable bonds is 4. The third kappa shape index (κ3) is 3.53. The molecule has 0 radical (unpaired) electrons. The van der Waals surface area contributed by atoms with Crippen LogP contribution in [0.1, 0.15) is 33.2 Å². The first-order chi connectivity index (χ1) is 14.8. The largest absolute Gasteiger partial charge is 0.507 e. The summed E-state index contributed by atoms with van der Waals surface area (Å²) >= 11 is 1.45. The molecule has 1 aliphatic heterocycles. The number of ether oxygens (including phenoxy) is 1. The number of amides is 1. The molecule has 0 aliphatic carbocycles. The van der Waals surface area contributed by atoms with Crippen LogP contribution in [0.25, 0.3) is 5.76 Å². The van der Waals surface area contributed by atoms with Crippen LogP contribution in [0.15, 0.2) is 59.5 Å². The fourth-order valence-electron chi connectivity index (χ4n) is 3.96. The lowest BCUT2D eigenvalue weighted by molar-refractivity contribution is -0.132. The molecule has 2 heterocycles. The molecule has 3 aromatic rings. The van der Waals surface area contributed by atoms with Crippen LogP contribution in [0.3, 0.4) is 0 Å². The predicted octanol–water partition coefficient (Wildman–Crippen LogP) is 5.31. The lowest BCUT2D eigenvalue weighted by Crippen LogP contribution is -2.29. The molecule has 6 heteroatoms. The summed E-state index contributed by atoms with van der Waals surface area (Å²) in [6, 6.07) is 14.1. The average Bonchev–Trinajstić information content (AvgIpc) is 3.36. The van der Waals surface area contributed by atoms with Crippen molar-refractivity contribution in [1.82, 2.24) is 0 Å². The molecule has 1 aromatic heterocycles. The highest BCUT2D eigenvalue weighted by Gasteiger charge is 2.47. The van der Waals surface area contributed by atoms with Gasteiger partial charge in [0, 0.05) is 16.1 Å². The fraction of sp³-hybridized carbons (Fsp3) is 0.200. The van der Waals surface area contributed by atoms with Crippen molar-refractivity contribution in [1.29, 1.82) is 0 Å². The Morgan fingerprint density at radius 2 is 1.81 bits per heavy atom. The van der Waals surface area contributed by atoms with Crippen LogP contribution in [0, 0.1) is 20.8 Å². The van der Waals surface area contributed by atoms with E-state index in [0.717, 1.165) is 21.6 Å². The van der Waals surface area contributed by atoms with E-state index in [0.29, 0.717) is 17.0 Å². The maximum atomic E-state index is 13.2. The zero-order valence-corrected chi connectivity index (χ0v) is 18.6. The van der Waals surface area contributed by atoms with Gasteiger partial charge in [-0.05, 0) is 73.2 Å². The van der Waals surface area contributed by atoms with Crippen molar-refractivity contribution in [2.24, 2.45) is 0 Å². The maximum Gasteiger partial charge on any atom is 0.300 e. The number of methoxy groups -OCH3 is 1. The minimum Gasteiger partial charge on any atom is -0.507 e. The van der Waals surface area contributed by atoms with Crippen LogP contribution >= 0.6 is 11.3 Å². The second-order valence-corrected chi connectivity index (χ2v) is 8.64. The van der Waals surface area contributed by atoms with Gasteiger partial charge < -0.3 is 9.84 Å². The van der Waals surface area contributed by atoms with Gasteiger partial charge in [0.1, 0.15) is 17.6 Å². The molecule has 1 amide bonds. The second-order valence-electron chi connectivity index (χ2n) is 7.66. The number of hydrogen-bond acceptors (Lipinski definition) is 5. The summed E-state index contributed by atoms with van der Waals surface area (Å²) in [5.74, 6) is -0.832. The molecule has 0 spiro atoms. The van der Waals surface area contributed by atoms with Gasteiger partial charge in [-0.2, -0.15) is 0 Å².